The topological polar surface area (TPSA) is 62.7 Å². The van der Waals surface area contributed by atoms with Gasteiger partial charge in [-0.2, -0.15) is 0 Å². The molecule has 0 aromatic carbocycles. The molecule has 0 radical (unpaired) electrons. The van der Waals surface area contributed by atoms with E-state index in [2.05, 4.69) is 4.98 Å². The van der Waals surface area contributed by atoms with E-state index in [0.29, 0.717) is 26.1 Å². The van der Waals surface area contributed by atoms with Crippen molar-refractivity contribution in [2.45, 2.75) is 18.4 Å². The Kier molecular flexibility index (Phi) is 4.39. The van der Waals surface area contributed by atoms with Gasteiger partial charge in [0.1, 0.15) is 10.8 Å². The molecule has 19 heavy (non-hydrogen) atoms. The molecule has 1 amide bonds. The molecule has 1 aliphatic rings. The second-order valence-electron chi connectivity index (χ2n) is 4.84. The van der Waals surface area contributed by atoms with E-state index in [9.17, 15) is 9.90 Å². The number of carbonyl (C=O) groups excluding carboxylic acids is 1. The van der Waals surface area contributed by atoms with E-state index < -0.39 is 5.60 Å². The van der Waals surface area contributed by atoms with Crippen LogP contribution >= 0.6 is 11.6 Å². The Balaban J connectivity index is 2.03. The molecule has 0 bridgehead atoms. The highest BCUT2D eigenvalue weighted by Gasteiger charge is 2.32. The predicted molar refractivity (Wildman–Crippen MR) is 71.2 cm³/mol. The van der Waals surface area contributed by atoms with Crippen LogP contribution in [0.4, 0.5) is 0 Å². The lowest BCUT2D eigenvalue weighted by molar-refractivity contribution is -0.0734. The van der Waals surface area contributed by atoms with Crippen LogP contribution in [-0.4, -0.2) is 53.3 Å². The highest BCUT2D eigenvalue weighted by molar-refractivity contribution is 6.29. The average molecular weight is 285 g/mol. The molecule has 1 N–H and O–H groups in total. The maximum absolute atomic E-state index is 12.2. The van der Waals surface area contributed by atoms with E-state index >= 15 is 0 Å². The van der Waals surface area contributed by atoms with Gasteiger partial charge in [0.25, 0.3) is 5.91 Å². The summed E-state index contributed by atoms with van der Waals surface area (Å²) < 4.78 is 5.21. The summed E-state index contributed by atoms with van der Waals surface area (Å²) in [7, 11) is 1.65. The van der Waals surface area contributed by atoms with Gasteiger partial charge in [-0.3, -0.25) is 4.79 Å². The molecule has 1 aromatic rings. The number of hydrogen-bond donors (Lipinski definition) is 1. The lowest BCUT2D eigenvalue weighted by Gasteiger charge is -2.35. The summed E-state index contributed by atoms with van der Waals surface area (Å²) in [4.78, 5) is 17.6. The number of halogens is 1. The maximum atomic E-state index is 12.2. The van der Waals surface area contributed by atoms with Gasteiger partial charge in [-0.1, -0.05) is 17.7 Å². The van der Waals surface area contributed by atoms with Crippen molar-refractivity contribution in [3.8, 4) is 0 Å². The molecule has 6 heteroatoms. The Labute approximate surface area is 117 Å². The molecule has 1 saturated heterocycles. The van der Waals surface area contributed by atoms with Gasteiger partial charge in [0.05, 0.1) is 5.60 Å². The number of aliphatic hydroxyl groups is 1. The van der Waals surface area contributed by atoms with E-state index in [0.717, 1.165) is 0 Å². The van der Waals surface area contributed by atoms with E-state index in [1.165, 1.54) is 4.90 Å². The molecule has 104 valence electrons. The normalized spacial score (nSPS) is 18.1. The molecule has 1 aromatic heterocycles. The van der Waals surface area contributed by atoms with Crippen LogP contribution in [0.25, 0.3) is 0 Å². The van der Waals surface area contributed by atoms with E-state index in [1.54, 1.807) is 25.2 Å². The molecule has 2 rings (SSSR count). The maximum Gasteiger partial charge on any atom is 0.272 e. The van der Waals surface area contributed by atoms with Gasteiger partial charge >= 0.3 is 0 Å². The largest absolute Gasteiger partial charge is 0.388 e. The van der Waals surface area contributed by atoms with Crippen LogP contribution < -0.4 is 0 Å². The third-order valence-electron chi connectivity index (χ3n) is 3.24. The minimum Gasteiger partial charge on any atom is -0.388 e. The van der Waals surface area contributed by atoms with Crippen molar-refractivity contribution in [1.82, 2.24) is 9.88 Å². The first-order chi connectivity index (χ1) is 9.00. The highest BCUT2D eigenvalue weighted by atomic mass is 35.5. The summed E-state index contributed by atoms with van der Waals surface area (Å²) in [5.41, 5.74) is -0.591. The first kappa shape index (κ1) is 14.2. The standard InChI is InChI=1S/C13H17ClN2O3/c1-16(9-13(18)5-7-19-8-6-13)12(17)10-3-2-4-11(14)15-10/h2-4,18H,5-9H2,1H3. The van der Waals surface area contributed by atoms with Gasteiger partial charge in [0, 0.05) is 39.6 Å². The van der Waals surface area contributed by atoms with E-state index in [-0.39, 0.29) is 23.3 Å². The van der Waals surface area contributed by atoms with Crippen molar-refractivity contribution < 1.29 is 14.6 Å². The number of hydrogen-bond acceptors (Lipinski definition) is 4. The van der Waals surface area contributed by atoms with Gasteiger partial charge < -0.3 is 14.7 Å². The van der Waals surface area contributed by atoms with Crippen molar-refractivity contribution in [1.29, 1.82) is 0 Å². The van der Waals surface area contributed by atoms with Crippen molar-refractivity contribution >= 4 is 17.5 Å². The van der Waals surface area contributed by atoms with Crippen LogP contribution in [0.1, 0.15) is 23.3 Å². The average Bonchev–Trinajstić information content (AvgIpc) is 2.38. The predicted octanol–water partition coefficient (Wildman–Crippen LogP) is 1.35. The zero-order valence-electron chi connectivity index (χ0n) is 10.8. The first-order valence-corrected chi connectivity index (χ1v) is 6.56. The Hall–Kier alpha value is -1.17. The summed E-state index contributed by atoms with van der Waals surface area (Å²) >= 11 is 5.77. The van der Waals surface area contributed by atoms with Crippen LogP contribution in [0.2, 0.25) is 5.15 Å². The number of nitrogens with zero attached hydrogens (tertiary/aromatic N) is 2. The van der Waals surface area contributed by atoms with E-state index in [1.807, 2.05) is 0 Å². The Morgan fingerprint density at radius 3 is 2.84 bits per heavy atom. The van der Waals surface area contributed by atoms with Crippen LogP contribution in [-0.2, 0) is 4.74 Å². The molecule has 1 aliphatic heterocycles. The highest BCUT2D eigenvalue weighted by Crippen LogP contribution is 2.21. The van der Waals surface area contributed by atoms with Crippen molar-refractivity contribution in [2.75, 3.05) is 26.8 Å². The zero-order chi connectivity index (χ0) is 13.9. The quantitative estimate of drug-likeness (QED) is 0.851. The third-order valence-corrected chi connectivity index (χ3v) is 3.45. The van der Waals surface area contributed by atoms with Crippen molar-refractivity contribution in [2.24, 2.45) is 0 Å². The zero-order valence-corrected chi connectivity index (χ0v) is 11.6. The SMILES string of the molecule is CN(CC1(O)CCOCC1)C(=O)c1cccc(Cl)n1. The van der Waals surface area contributed by atoms with Crippen molar-refractivity contribution in [3.63, 3.8) is 0 Å². The first-order valence-electron chi connectivity index (χ1n) is 6.18. The smallest absolute Gasteiger partial charge is 0.272 e. The molecule has 0 unspecified atom stereocenters. The van der Waals surface area contributed by atoms with Gasteiger partial charge in [-0.25, -0.2) is 4.98 Å². The number of carbonyl (C=O) groups is 1. The number of ether oxygens (including phenoxy) is 1. The van der Waals surface area contributed by atoms with E-state index in [4.69, 9.17) is 16.3 Å². The van der Waals surface area contributed by atoms with Gasteiger partial charge in [0.2, 0.25) is 0 Å². The lowest BCUT2D eigenvalue weighted by atomic mass is 9.94. The van der Waals surface area contributed by atoms with Crippen LogP contribution in [0.15, 0.2) is 18.2 Å². The number of amides is 1. The summed E-state index contributed by atoms with van der Waals surface area (Å²) in [6, 6.07) is 4.91. The number of likely N-dealkylation sites (N-methyl/N-ethyl adjacent to an activating group) is 1. The summed E-state index contributed by atoms with van der Waals surface area (Å²) in [5, 5.41) is 10.7. The molecule has 5 nitrogen and oxygen atoms in total. The second kappa shape index (κ2) is 5.86. The number of pyridine rings is 1. The Morgan fingerprint density at radius 1 is 1.53 bits per heavy atom. The Bertz CT molecular complexity index is 461. The van der Waals surface area contributed by atoms with Gasteiger partial charge in [-0.05, 0) is 12.1 Å². The second-order valence-corrected chi connectivity index (χ2v) is 5.23. The fraction of sp³-hybridized carbons (Fsp3) is 0.538. The number of rotatable bonds is 3. The molecule has 2 heterocycles. The van der Waals surface area contributed by atoms with Crippen LogP contribution in [0, 0.1) is 0 Å². The summed E-state index contributed by atoms with van der Waals surface area (Å²) in [5.74, 6) is -0.248. The molecule has 0 atom stereocenters. The molecule has 0 spiro atoms. The summed E-state index contributed by atoms with van der Waals surface area (Å²) in [6.45, 7) is 1.31. The summed E-state index contributed by atoms with van der Waals surface area (Å²) in [6.07, 6.45) is 1.07. The lowest BCUT2D eigenvalue weighted by Crippen LogP contribution is -2.47. The monoisotopic (exact) mass is 284 g/mol. The van der Waals surface area contributed by atoms with Crippen molar-refractivity contribution in [3.05, 3.63) is 29.0 Å². The minimum atomic E-state index is -0.874. The fourth-order valence-corrected chi connectivity index (χ4v) is 2.31. The molecule has 0 saturated carbocycles. The molecular weight excluding hydrogens is 268 g/mol. The Morgan fingerprint density at radius 2 is 2.21 bits per heavy atom. The van der Waals surface area contributed by atoms with Crippen LogP contribution in [0.3, 0.4) is 0 Å². The van der Waals surface area contributed by atoms with Gasteiger partial charge in [-0.15, -0.1) is 0 Å². The number of aromatic nitrogens is 1. The third kappa shape index (κ3) is 3.65. The fourth-order valence-electron chi connectivity index (χ4n) is 2.15. The molecule has 1 fully saturated rings. The molecular formula is C13H17ClN2O3. The van der Waals surface area contributed by atoms with Crippen LogP contribution in [0.5, 0.6) is 0 Å². The minimum absolute atomic E-state index is 0.248. The van der Waals surface area contributed by atoms with Gasteiger partial charge in [0.15, 0.2) is 0 Å². The molecule has 0 aliphatic carbocycles.